The predicted octanol–water partition coefficient (Wildman–Crippen LogP) is 3.67. The van der Waals surface area contributed by atoms with Gasteiger partial charge in [-0.1, -0.05) is 5.16 Å². The van der Waals surface area contributed by atoms with E-state index in [4.69, 9.17) is 25.9 Å². The van der Waals surface area contributed by atoms with E-state index in [9.17, 15) is 4.79 Å². The molecule has 3 rings (SSSR count). The first-order chi connectivity index (χ1) is 11.0. The Kier molecular flexibility index (Phi) is 4.48. The van der Waals surface area contributed by atoms with Gasteiger partial charge in [-0.25, -0.2) is 0 Å². The highest BCUT2D eigenvalue weighted by Crippen LogP contribution is 2.35. The van der Waals surface area contributed by atoms with Crippen LogP contribution in [0.4, 0.5) is 0 Å². The third-order valence-electron chi connectivity index (χ3n) is 4.37. The van der Waals surface area contributed by atoms with Crippen LogP contribution in [0.3, 0.4) is 0 Å². The molecule has 124 valence electrons. The lowest BCUT2D eigenvalue weighted by Gasteiger charge is -2.17. The predicted molar refractivity (Wildman–Crippen MR) is 87.4 cm³/mol. The average Bonchev–Trinajstić information content (AvgIpc) is 3.18. The second-order valence-electron chi connectivity index (χ2n) is 6.20. The fourth-order valence-electron chi connectivity index (χ4n) is 2.93. The molecule has 0 bridgehead atoms. The zero-order valence-electron chi connectivity index (χ0n) is 13.3. The molecule has 0 radical (unpaired) electrons. The molecule has 0 saturated heterocycles. The minimum Gasteiger partial charge on any atom is -0.493 e. The topological polar surface area (TPSA) is 57.1 Å². The van der Waals surface area contributed by atoms with Crippen LogP contribution in [0.5, 0.6) is 11.5 Å². The summed E-state index contributed by atoms with van der Waals surface area (Å²) in [6.07, 6.45) is 5.10. The van der Waals surface area contributed by atoms with Gasteiger partial charge in [-0.05, 0) is 62.4 Å². The molecular weight excluding hydrogens is 318 g/mol. The molecule has 1 atom stereocenters. The van der Waals surface area contributed by atoms with E-state index >= 15 is 0 Å². The largest absolute Gasteiger partial charge is 0.493 e. The Labute approximate surface area is 140 Å². The van der Waals surface area contributed by atoms with Crippen molar-refractivity contribution in [1.29, 1.82) is 0 Å². The third-order valence-corrected chi connectivity index (χ3v) is 4.77. The standard InChI is InChI=1S/C17H20ClNO4/c1-17(16(18)20)10-13(19-23-17)11-7-8-14(21-2)15(9-11)22-12-5-3-4-6-12/h7-9,12H,3-6,10H2,1-2H3. The van der Waals surface area contributed by atoms with Crippen LogP contribution >= 0.6 is 11.6 Å². The van der Waals surface area contributed by atoms with E-state index in [0.717, 1.165) is 18.4 Å². The number of methoxy groups -OCH3 is 1. The molecule has 0 amide bonds. The molecule has 1 aliphatic carbocycles. The summed E-state index contributed by atoms with van der Waals surface area (Å²) in [5.74, 6) is 1.39. The van der Waals surface area contributed by atoms with Gasteiger partial charge in [0.2, 0.25) is 5.60 Å². The highest BCUT2D eigenvalue weighted by molar-refractivity contribution is 6.65. The Morgan fingerprint density at radius 1 is 1.35 bits per heavy atom. The van der Waals surface area contributed by atoms with Gasteiger partial charge in [-0.3, -0.25) is 4.79 Å². The maximum atomic E-state index is 11.5. The molecule has 1 unspecified atom stereocenters. The van der Waals surface area contributed by atoms with Crippen molar-refractivity contribution in [2.24, 2.45) is 5.16 Å². The molecule has 1 aromatic carbocycles. The molecule has 0 aromatic heterocycles. The van der Waals surface area contributed by atoms with E-state index in [1.807, 2.05) is 18.2 Å². The van der Waals surface area contributed by atoms with Crippen molar-refractivity contribution < 1.29 is 19.1 Å². The molecule has 1 aliphatic heterocycles. The third kappa shape index (κ3) is 3.29. The van der Waals surface area contributed by atoms with Crippen molar-refractivity contribution in [2.45, 2.75) is 50.7 Å². The van der Waals surface area contributed by atoms with Crippen LogP contribution in [0, 0.1) is 0 Å². The Hall–Kier alpha value is -1.75. The van der Waals surface area contributed by atoms with Gasteiger partial charge < -0.3 is 14.3 Å². The molecule has 23 heavy (non-hydrogen) atoms. The van der Waals surface area contributed by atoms with E-state index in [1.165, 1.54) is 12.8 Å². The molecule has 5 nitrogen and oxygen atoms in total. The number of rotatable bonds is 5. The number of benzene rings is 1. The summed E-state index contributed by atoms with van der Waals surface area (Å²) in [6, 6.07) is 5.62. The van der Waals surface area contributed by atoms with Gasteiger partial charge >= 0.3 is 0 Å². The van der Waals surface area contributed by atoms with Crippen molar-refractivity contribution in [3.63, 3.8) is 0 Å². The molecule has 2 aliphatic rings. The van der Waals surface area contributed by atoms with Crippen LogP contribution < -0.4 is 9.47 Å². The van der Waals surface area contributed by atoms with Crippen molar-refractivity contribution in [3.8, 4) is 11.5 Å². The Morgan fingerprint density at radius 2 is 2.09 bits per heavy atom. The SMILES string of the molecule is COc1ccc(C2=NOC(C)(C(=O)Cl)C2)cc1OC1CCCC1. The van der Waals surface area contributed by atoms with Crippen molar-refractivity contribution in [3.05, 3.63) is 23.8 Å². The average molecular weight is 338 g/mol. The number of carbonyl (C=O) groups excluding carboxylic acids is 1. The van der Waals surface area contributed by atoms with Crippen LogP contribution in [0.15, 0.2) is 23.4 Å². The zero-order chi connectivity index (χ0) is 16.4. The molecule has 0 spiro atoms. The Balaban J connectivity index is 1.82. The van der Waals surface area contributed by atoms with Crippen LogP contribution in [-0.2, 0) is 9.63 Å². The van der Waals surface area contributed by atoms with E-state index in [-0.39, 0.29) is 6.10 Å². The van der Waals surface area contributed by atoms with Gasteiger partial charge in [0.25, 0.3) is 5.24 Å². The minimum absolute atomic E-state index is 0.232. The molecular formula is C17H20ClNO4. The first-order valence-electron chi connectivity index (χ1n) is 7.82. The fraction of sp³-hybridized carbons (Fsp3) is 0.529. The molecule has 0 N–H and O–H groups in total. The Bertz CT molecular complexity index is 639. The summed E-state index contributed by atoms with van der Waals surface area (Å²) in [6.45, 7) is 1.64. The number of ether oxygens (including phenoxy) is 2. The molecule has 6 heteroatoms. The normalized spacial score (nSPS) is 24.2. The first kappa shape index (κ1) is 16.1. The number of oxime groups is 1. The molecule has 1 fully saturated rings. The maximum absolute atomic E-state index is 11.5. The van der Waals surface area contributed by atoms with Crippen molar-refractivity contribution >= 4 is 22.6 Å². The summed E-state index contributed by atoms with van der Waals surface area (Å²) >= 11 is 5.59. The first-order valence-corrected chi connectivity index (χ1v) is 8.20. The number of hydrogen-bond donors (Lipinski definition) is 0. The van der Waals surface area contributed by atoms with Crippen LogP contribution in [0.1, 0.15) is 44.6 Å². The van der Waals surface area contributed by atoms with E-state index in [1.54, 1.807) is 14.0 Å². The number of nitrogens with zero attached hydrogens (tertiary/aromatic N) is 1. The maximum Gasteiger partial charge on any atom is 0.268 e. The van der Waals surface area contributed by atoms with E-state index < -0.39 is 10.8 Å². The fourth-order valence-corrected chi connectivity index (χ4v) is 3.04. The minimum atomic E-state index is -1.09. The summed E-state index contributed by atoms with van der Waals surface area (Å²) in [5.41, 5.74) is 0.435. The number of hydrogen-bond acceptors (Lipinski definition) is 5. The lowest BCUT2D eigenvalue weighted by molar-refractivity contribution is -0.130. The lowest BCUT2D eigenvalue weighted by Crippen LogP contribution is -2.31. The monoisotopic (exact) mass is 337 g/mol. The highest BCUT2D eigenvalue weighted by atomic mass is 35.5. The zero-order valence-corrected chi connectivity index (χ0v) is 14.1. The molecule has 1 heterocycles. The van der Waals surface area contributed by atoms with Crippen LogP contribution in [-0.4, -0.2) is 29.8 Å². The molecule has 1 aromatic rings. The summed E-state index contributed by atoms with van der Waals surface area (Å²) < 4.78 is 11.5. The van der Waals surface area contributed by atoms with Crippen molar-refractivity contribution in [2.75, 3.05) is 7.11 Å². The summed E-state index contributed by atoms with van der Waals surface area (Å²) in [7, 11) is 1.62. The van der Waals surface area contributed by atoms with E-state index in [0.29, 0.717) is 23.6 Å². The van der Waals surface area contributed by atoms with Gasteiger partial charge in [-0.2, -0.15) is 0 Å². The number of carbonyl (C=O) groups is 1. The highest BCUT2D eigenvalue weighted by Gasteiger charge is 2.41. The van der Waals surface area contributed by atoms with Gasteiger partial charge in [0, 0.05) is 12.0 Å². The quantitative estimate of drug-likeness (QED) is 0.769. The van der Waals surface area contributed by atoms with Crippen LogP contribution in [0.2, 0.25) is 0 Å². The number of halogens is 1. The smallest absolute Gasteiger partial charge is 0.268 e. The summed E-state index contributed by atoms with van der Waals surface area (Å²) in [4.78, 5) is 16.7. The second-order valence-corrected chi connectivity index (χ2v) is 6.54. The van der Waals surface area contributed by atoms with Gasteiger partial charge in [0.1, 0.15) is 0 Å². The lowest BCUT2D eigenvalue weighted by atomic mass is 9.97. The Morgan fingerprint density at radius 3 is 2.70 bits per heavy atom. The van der Waals surface area contributed by atoms with Gasteiger partial charge in [0.05, 0.1) is 18.9 Å². The van der Waals surface area contributed by atoms with E-state index in [2.05, 4.69) is 5.16 Å². The van der Waals surface area contributed by atoms with Gasteiger partial charge in [-0.15, -0.1) is 0 Å². The van der Waals surface area contributed by atoms with Crippen molar-refractivity contribution in [1.82, 2.24) is 0 Å². The summed E-state index contributed by atoms with van der Waals surface area (Å²) in [5, 5.41) is 3.47. The van der Waals surface area contributed by atoms with Crippen LogP contribution in [0.25, 0.3) is 0 Å². The molecule has 1 saturated carbocycles. The van der Waals surface area contributed by atoms with Gasteiger partial charge in [0.15, 0.2) is 11.5 Å². The second kappa shape index (κ2) is 6.40.